The Hall–Kier alpha value is -1.91. The van der Waals surface area contributed by atoms with Gasteiger partial charge in [0.1, 0.15) is 11.5 Å². The van der Waals surface area contributed by atoms with E-state index < -0.39 is 17.9 Å². The lowest BCUT2D eigenvalue weighted by Crippen LogP contribution is -1.91. The lowest BCUT2D eigenvalue weighted by molar-refractivity contribution is 0.146. The number of pyridine rings is 2. The van der Waals surface area contributed by atoms with E-state index in [0.29, 0.717) is 11.1 Å². The van der Waals surface area contributed by atoms with E-state index in [1.807, 2.05) is 0 Å². The van der Waals surface area contributed by atoms with Gasteiger partial charge in [-0.1, -0.05) is 0 Å². The molecule has 16 heavy (non-hydrogen) atoms. The molecule has 0 aliphatic carbocycles. The highest BCUT2D eigenvalue weighted by atomic mass is 19.3. The van der Waals surface area contributed by atoms with E-state index in [9.17, 15) is 13.2 Å². The molecule has 2 aromatic heterocycles. The molecule has 0 aliphatic heterocycles. The fourth-order valence-electron chi connectivity index (χ4n) is 1.26. The van der Waals surface area contributed by atoms with Crippen LogP contribution in [0.1, 0.15) is 13.5 Å². The summed E-state index contributed by atoms with van der Waals surface area (Å²) in [6.45, 7) is 0. The first-order valence-electron chi connectivity index (χ1n) is 4.94. The van der Waals surface area contributed by atoms with E-state index in [-0.39, 0.29) is 6.17 Å². The van der Waals surface area contributed by atoms with Crippen LogP contribution in [-0.2, 0) is 0 Å². The second kappa shape index (κ2) is 4.30. The first kappa shape index (κ1) is 9.33. The van der Waals surface area contributed by atoms with Gasteiger partial charge < -0.3 is 0 Å². The van der Waals surface area contributed by atoms with Gasteiger partial charge in [0.05, 0.1) is 7.57 Å². The summed E-state index contributed by atoms with van der Waals surface area (Å²) in [5.41, 5.74) is 0.131. The molecule has 2 rings (SSSR count). The van der Waals surface area contributed by atoms with E-state index in [1.54, 1.807) is 0 Å². The molecule has 0 unspecified atom stereocenters. The minimum Gasteiger partial charge on any atom is -0.261 e. The van der Waals surface area contributed by atoms with Crippen molar-refractivity contribution in [3.05, 3.63) is 48.3 Å². The number of hydrogen-bond acceptors (Lipinski definition) is 2. The van der Waals surface area contributed by atoms with Crippen molar-refractivity contribution in [3.63, 3.8) is 0 Å². The molecule has 2 heterocycles. The van der Waals surface area contributed by atoms with Gasteiger partial charge in [-0.15, -0.1) is 0 Å². The zero-order valence-corrected chi connectivity index (χ0v) is 7.99. The van der Waals surface area contributed by atoms with E-state index in [1.165, 1.54) is 12.3 Å². The second-order valence-corrected chi connectivity index (χ2v) is 3.10. The van der Waals surface area contributed by atoms with E-state index in [2.05, 4.69) is 9.97 Å². The van der Waals surface area contributed by atoms with Crippen LogP contribution in [-0.4, -0.2) is 9.97 Å². The molecule has 5 heteroatoms. The quantitative estimate of drug-likeness (QED) is 0.784. The highest BCUT2D eigenvalue weighted by Crippen LogP contribution is 2.23. The maximum Gasteiger partial charge on any atom is 0.280 e. The number of alkyl halides is 2. The summed E-state index contributed by atoms with van der Waals surface area (Å²) in [6.07, 6.45) is -0.699. The molecule has 0 radical (unpaired) electrons. The van der Waals surface area contributed by atoms with Crippen molar-refractivity contribution in [2.75, 3.05) is 0 Å². The van der Waals surface area contributed by atoms with Gasteiger partial charge in [-0.05, 0) is 23.8 Å². The van der Waals surface area contributed by atoms with Gasteiger partial charge >= 0.3 is 0 Å². The minimum absolute atomic E-state index is 0.290. The largest absolute Gasteiger partial charge is 0.280 e. The van der Waals surface area contributed by atoms with Gasteiger partial charge in [0.25, 0.3) is 6.43 Å². The Morgan fingerprint density at radius 3 is 2.69 bits per heavy atom. The lowest BCUT2D eigenvalue weighted by atomic mass is 10.1. The molecular formula is C11H7F3N2. The molecule has 0 fully saturated rings. The smallest absolute Gasteiger partial charge is 0.261 e. The molecule has 0 N–H and O–H groups in total. The number of hydrogen-bond donors (Lipinski definition) is 0. The summed E-state index contributed by atoms with van der Waals surface area (Å²) in [7, 11) is 0. The summed E-state index contributed by atoms with van der Waals surface area (Å²) >= 11 is 0. The first-order chi connectivity index (χ1) is 8.06. The van der Waals surface area contributed by atoms with E-state index in [4.69, 9.17) is 1.37 Å². The zero-order valence-electron chi connectivity index (χ0n) is 8.99. The fraction of sp³-hybridized carbons (Fsp3) is 0.0909. The van der Waals surface area contributed by atoms with Crippen molar-refractivity contribution in [1.82, 2.24) is 9.97 Å². The SMILES string of the molecule is [2H]c1cc(-c2cncc(F)c2)cc(C(F)F)n1. The van der Waals surface area contributed by atoms with Gasteiger partial charge in [-0.2, -0.15) is 0 Å². The Kier molecular flexibility index (Phi) is 2.51. The summed E-state index contributed by atoms with van der Waals surface area (Å²) < 4.78 is 45.2. The number of aromatic nitrogens is 2. The van der Waals surface area contributed by atoms with Crippen molar-refractivity contribution in [2.24, 2.45) is 0 Å². The number of halogens is 3. The Labute approximate surface area is 91.2 Å². The molecular weight excluding hydrogens is 217 g/mol. The zero-order chi connectivity index (χ0) is 12.4. The average Bonchev–Trinajstić information content (AvgIpc) is 2.28. The van der Waals surface area contributed by atoms with Crippen LogP contribution in [0.4, 0.5) is 13.2 Å². The van der Waals surface area contributed by atoms with Crippen molar-refractivity contribution < 1.29 is 14.5 Å². The average molecular weight is 225 g/mol. The third-order valence-electron chi connectivity index (χ3n) is 1.98. The third-order valence-corrected chi connectivity index (χ3v) is 1.98. The molecule has 2 nitrogen and oxygen atoms in total. The van der Waals surface area contributed by atoms with Crippen molar-refractivity contribution in [3.8, 4) is 11.1 Å². The highest BCUT2D eigenvalue weighted by molar-refractivity contribution is 5.62. The van der Waals surface area contributed by atoms with Crippen molar-refractivity contribution in [1.29, 1.82) is 0 Å². The van der Waals surface area contributed by atoms with Gasteiger partial charge in [-0.25, -0.2) is 13.2 Å². The predicted octanol–water partition coefficient (Wildman–Crippen LogP) is 3.22. The van der Waals surface area contributed by atoms with Crippen LogP contribution in [0.2, 0.25) is 0 Å². The van der Waals surface area contributed by atoms with Crippen molar-refractivity contribution >= 4 is 0 Å². The lowest BCUT2D eigenvalue weighted by Gasteiger charge is -2.03. The second-order valence-electron chi connectivity index (χ2n) is 3.10. The van der Waals surface area contributed by atoms with Crippen LogP contribution in [0.15, 0.2) is 36.8 Å². The van der Waals surface area contributed by atoms with E-state index in [0.717, 1.165) is 18.3 Å². The van der Waals surface area contributed by atoms with Crippen LogP contribution in [0.5, 0.6) is 0 Å². The van der Waals surface area contributed by atoms with Crippen LogP contribution >= 0.6 is 0 Å². The Morgan fingerprint density at radius 2 is 2.00 bits per heavy atom. The summed E-state index contributed by atoms with van der Waals surface area (Å²) in [4.78, 5) is 7.00. The van der Waals surface area contributed by atoms with Gasteiger partial charge in [0.15, 0.2) is 0 Å². The Balaban J connectivity index is 2.52. The predicted molar refractivity (Wildman–Crippen MR) is 52.4 cm³/mol. The van der Waals surface area contributed by atoms with Gasteiger partial charge in [0.2, 0.25) is 0 Å². The molecule has 0 spiro atoms. The molecule has 0 atom stereocenters. The number of rotatable bonds is 2. The van der Waals surface area contributed by atoms with Crippen molar-refractivity contribution in [2.45, 2.75) is 6.43 Å². The van der Waals surface area contributed by atoms with Gasteiger partial charge in [-0.3, -0.25) is 9.97 Å². The maximum absolute atomic E-state index is 12.9. The summed E-state index contributed by atoms with van der Waals surface area (Å²) in [6, 6.07) is 3.57. The molecule has 0 amide bonds. The van der Waals surface area contributed by atoms with Crippen LogP contribution < -0.4 is 0 Å². The molecule has 0 bridgehead atoms. The summed E-state index contributed by atoms with van der Waals surface area (Å²) in [5, 5.41) is 0. The molecule has 0 saturated heterocycles. The third kappa shape index (κ3) is 2.18. The molecule has 0 aliphatic rings. The van der Waals surface area contributed by atoms with Crippen LogP contribution in [0.25, 0.3) is 11.1 Å². The normalized spacial score (nSPS) is 11.6. The Morgan fingerprint density at radius 1 is 1.19 bits per heavy atom. The molecule has 82 valence electrons. The minimum atomic E-state index is -2.76. The van der Waals surface area contributed by atoms with Gasteiger partial charge in [0, 0.05) is 17.9 Å². The maximum atomic E-state index is 12.9. The standard InChI is InChI=1S/C11H7F3N2/c12-9-3-8(5-15-6-9)7-1-2-16-10(4-7)11(13)14/h1-6,11H/i2D. The number of nitrogens with zero attached hydrogens (tertiary/aromatic N) is 2. The monoisotopic (exact) mass is 225 g/mol. The highest BCUT2D eigenvalue weighted by Gasteiger charge is 2.09. The van der Waals surface area contributed by atoms with Crippen LogP contribution in [0.3, 0.4) is 0 Å². The molecule has 0 aromatic carbocycles. The molecule has 2 aromatic rings. The first-order valence-corrected chi connectivity index (χ1v) is 4.44. The fourth-order valence-corrected chi connectivity index (χ4v) is 1.26. The summed E-state index contributed by atoms with van der Waals surface area (Å²) in [5.74, 6) is -0.565. The van der Waals surface area contributed by atoms with Crippen LogP contribution in [0, 0.1) is 5.82 Å². The van der Waals surface area contributed by atoms with E-state index >= 15 is 0 Å². The topological polar surface area (TPSA) is 25.8 Å². The Bertz CT molecular complexity index is 546. The molecule has 0 saturated carbocycles.